The number of carbonyl (C=O) groups excluding carboxylic acids is 1. The van der Waals surface area contributed by atoms with Gasteiger partial charge < -0.3 is 14.8 Å². The van der Waals surface area contributed by atoms with Crippen LogP contribution in [0.2, 0.25) is 0 Å². The maximum absolute atomic E-state index is 11.9. The number of hydrogen-bond acceptors (Lipinski definition) is 3. The standard InChI is InChI=1S/C15H21NO3/c1-14(2,3)19-13(17)16-15(8-9-15)11-6-5-7-12(10-11)18-4/h5-7,10H,8-9H2,1-4H3,(H,16,17). The average Bonchev–Trinajstić information content (AvgIpc) is 3.07. The molecule has 2 rings (SSSR count). The van der Waals surface area contributed by atoms with Gasteiger partial charge in [-0.05, 0) is 51.3 Å². The molecule has 1 aromatic rings. The lowest BCUT2D eigenvalue weighted by Gasteiger charge is -2.23. The first-order valence-corrected chi connectivity index (χ1v) is 6.50. The van der Waals surface area contributed by atoms with E-state index in [0.717, 1.165) is 24.2 Å². The molecule has 1 N–H and O–H groups in total. The zero-order valence-corrected chi connectivity index (χ0v) is 11.9. The molecule has 4 heteroatoms. The van der Waals surface area contributed by atoms with Crippen LogP contribution < -0.4 is 10.1 Å². The fourth-order valence-electron chi connectivity index (χ4n) is 2.03. The molecule has 19 heavy (non-hydrogen) atoms. The maximum Gasteiger partial charge on any atom is 0.408 e. The number of methoxy groups -OCH3 is 1. The highest BCUT2D eigenvalue weighted by molar-refractivity contribution is 5.70. The van der Waals surface area contributed by atoms with Crippen molar-refractivity contribution >= 4 is 6.09 Å². The SMILES string of the molecule is COc1cccc(C2(NC(=O)OC(C)(C)C)CC2)c1. The third-order valence-electron chi connectivity index (χ3n) is 3.11. The second-order valence-electron chi connectivity index (χ2n) is 5.94. The number of benzene rings is 1. The summed E-state index contributed by atoms with van der Waals surface area (Å²) < 4.78 is 10.5. The molecule has 0 atom stereocenters. The highest BCUT2D eigenvalue weighted by Gasteiger charge is 2.46. The molecule has 1 aromatic carbocycles. The summed E-state index contributed by atoms with van der Waals surface area (Å²) in [6, 6.07) is 7.80. The van der Waals surface area contributed by atoms with Crippen molar-refractivity contribution in [2.75, 3.05) is 7.11 Å². The third kappa shape index (κ3) is 3.40. The Morgan fingerprint density at radius 2 is 2.00 bits per heavy atom. The summed E-state index contributed by atoms with van der Waals surface area (Å²) in [7, 11) is 1.64. The monoisotopic (exact) mass is 263 g/mol. The highest BCUT2D eigenvalue weighted by Crippen LogP contribution is 2.46. The van der Waals surface area contributed by atoms with Crippen LogP contribution in [0.4, 0.5) is 4.79 Å². The van der Waals surface area contributed by atoms with Gasteiger partial charge in [-0.3, -0.25) is 0 Å². The van der Waals surface area contributed by atoms with Crippen molar-refractivity contribution in [2.45, 2.75) is 44.8 Å². The van der Waals surface area contributed by atoms with Crippen LogP contribution in [0.1, 0.15) is 39.2 Å². The van der Waals surface area contributed by atoms with Crippen LogP contribution >= 0.6 is 0 Å². The molecule has 0 bridgehead atoms. The van der Waals surface area contributed by atoms with Gasteiger partial charge in [-0.1, -0.05) is 12.1 Å². The van der Waals surface area contributed by atoms with Crippen LogP contribution in [-0.2, 0) is 10.3 Å². The van der Waals surface area contributed by atoms with Gasteiger partial charge in [0.2, 0.25) is 0 Å². The highest BCUT2D eigenvalue weighted by atomic mass is 16.6. The van der Waals surface area contributed by atoms with Crippen LogP contribution in [0, 0.1) is 0 Å². The van der Waals surface area contributed by atoms with Crippen molar-refractivity contribution in [3.8, 4) is 5.75 Å². The van der Waals surface area contributed by atoms with Gasteiger partial charge in [0.1, 0.15) is 11.4 Å². The van der Waals surface area contributed by atoms with E-state index >= 15 is 0 Å². The Hall–Kier alpha value is -1.71. The second-order valence-corrected chi connectivity index (χ2v) is 5.94. The van der Waals surface area contributed by atoms with Crippen molar-refractivity contribution < 1.29 is 14.3 Å². The molecule has 0 spiro atoms. The Labute approximate surface area is 114 Å². The van der Waals surface area contributed by atoms with Gasteiger partial charge in [0.15, 0.2) is 0 Å². The largest absolute Gasteiger partial charge is 0.497 e. The maximum atomic E-state index is 11.9. The van der Waals surface area contributed by atoms with Crippen LogP contribution in [0.5, 0.6) is 5.75 Å². The van der Waals surface area contributed by atoms with Crippen molar-refractivity contribution in [3.63, 3.8) is 0 Å². The van der Waals surface area contributed by atoms with Gasteiger partial charge in [-0.15, -0.1) is 0 Å². The second kappa shape index (κ2) is 4.76. The van der Waals surface area contributed by atoms with E-state index in [4.69, 9.17) is 9.47 Å². The van der Waals surface area contributed by atoms with E-state index < -0.39 is 5.60 Å². The average molecular weight is 263 g/mol. The topological polar surface area (TPSA) is 47.6 Å². The van der Waals surface area contributed by atoms with Gasteiger partial charge in [0.25, 0.3) is 0 Å². The first-order valence-electron chi connectivity index (χ1n) is 6.50. The van der Waals surface area contributed by atoms with E-state index in [1.54, 1.807) is 7.11 Å². The Morgan fingerprint density at radius 1 is 1.32 bits per heavy atom. The summed E-state index contributed by atoms with van der Waals surface area (Å²) in [5.41, 5.74) is 0.309. The summed E-state index contributed by atoms with van der Waals surface area (Å²) in [5, 5.41) is 2.97. The zero-order valence-electron chi connectivity index (χ0n) is 11.9. The smallest absolute Gasteiger partial charge is 0.408 e. The molecule has 1 aliphatic carbocycles. The summed E-state index contributed by atoms with van der Waals surface area (Å²) in [5.74, 6) is 0.801. The van der Waals surface area contributed by atoms with Gasteiger partial charge in [-0.2, -0.15) is 0 Å². The van der Waals surface area contributed by atoms with Crippen molar-refractivity contribution in [2.24, 2.45) is 0 Å². The first kappa shape index (κ1) is 13.7. The molecule has 1 aliphatic rings. The first-order chi connectivity index (χ1) is 8.85. The molecule has 104 valence electrons. The minimum absolute atomic E-state index is 0.281. The number of hydrogen-bond donors (Lipinski definition) is 1. The predicted molar refractivity (Wildman–Crippen MR) is 73.3 cm³/mol. The molecular formula is C15H21NO3. The van der Waals surface area contributed by atoms with E-state index in [1.165, 1.54) is 0 Å². The molecule has 1 amide bonds. The molecule has 0 aliphatic heterocycles. The number of nitrogens with one attached hydrogen (secondary N) is 1. The Morgan fingerprint density at radius 3 is 2.53 bits per heavy atom. The summed E-state index contributed by atoms with van der Waals surface area (Å²) in [6.07, 6.45) is 1.49. The quantitative estimate of drug-likeness (QED) is 0.911. The van der Waals surface area contributed by atoms with Crippen LogP contribution in [0.3, 0.4) is 0 Å². The molecule has 0 aromatic heterocycles. The lowest BCUT2D eigenvalue weighted by molar-refractivity contribution is 0.0495. The fraction of sp³-hybridized carbons (Fsp3) is 0.533. The molecule has 0 radical (unpaired) electrons. The Balaban J connectivity index is 2.08. The van der Waals surface area contributed by atoms with E-state index in [9.17, 15) is 4.79 Å². The number of amides is 1. The molecule has 1 fully saturated rings. The molecule has 1 saturated carbocycles. The number of rotatable bonds is 3. The van der Waals surface area contributed by atoms with E-state index in [0.29, 0.717) is 0 Å². The zero-order chi connectivity index (χ0) is 14.1. The summed E-state index contributed by atoms with van der Waals surface area (Å²) >= 11 is 0. The lowest BCUT2D eigenvalue weighted by Crippen LogP contribution is -2.39. The molecule has 0 heterocycles. The van der Waals surface area contributed by atoms with Gasteiger partial charge in [0.05, 0.1) is 12.6 Å². The molecular weight excluding hydrogens is 242 g/mol. The normalized spacial score (nSPS) is 16.6. The Kier molecular flexibility index (Phi) is 3.43. The minimum Gasteiger partial charge on any atom is -0.497 e. The lowest BCUT2D eigenvalue weighted by atomic mass is 10.0. The van der Waals surface area contributed by atoms with E-state index in [1.807, 2.05) is 45.0 Å². The van der Waals surface area contributed by atoms with Gasteiger partial charge >= 0.3 is 6.09 Å². The minimum atomic E-state index is -0.478. The van der Waals surface area contributed by atoms with Crippen LogP contribution in [0.15, 0.2) is 24.3 Å². The predicted octanol–water partition coefficient (Wildman–Crippen LogP) is 3.21. The van der Waals surface area contributed by atoms with Crippen molar-refractivity contribution in [3.05, 3.63) is 29.8 Å². The molecule has 4 nitrogen and oxygen atoms in total. The third-order valence-corrected chi connectivity index (χ3v) is 3.11. The fourth-order valence-corrected chi connectivity index (χ4v) is 2.03. The Bertz CT molecular complexity index is 473. The molecule has 0 saturated heterocycles. The molecule has 0 unspecified atom stereocenters. The summed E-state index contributed by atoms with van der Waals surface area (Å²) in [4.78, 5) is 11.9. The number of ether oxygens (including phenoxy) is 2. The van der Waals surface area contributed by atoms with Gasteiger partial charge in [-0.25, -0.2) is 4.79 Å². The van der Waals surface area contributed by atoms with Crippen molar-refractivity contribution in [1.82, 2.24) is 5.32 Å². The van der Waals surface area contributed by atoms with E-state index in [-0.39, 0.29) is 11.6 Å². The number of carbonyl (C=O) groups is 1. The summed E-state index contributed by atoms with van der Waals surface area (Å²) in [6.45, 7) is 5.58. The van der Waals surface area contributed by atoms with Crippen LogP contribution in [-0.4, -0.2) is 18.8 Å². The van der Waals surface area contributed by atoms with Crippen molar-refractivity contribution in [1.29, 1.82) is 0 Å². The van der Waals surface area contributed by atoms with E-state index in [2.05, 4.69) is 5.32 Å². The van der Waals surface area contributed by atoms with Crippen LogP contribution in [0.25, 0.3) is 0 Å². The van der Waals surface area contributed by atoms with Gasteiger partial charge in [0, 0.05) is 0 Å². The number of alkyl carbamates (subject to hydrolysis) is 1.